The average molecular weight is 236 g/mol. The molecule has 0 radical (unpaired) electrons. The van der Waals surface area contributed by atoms with E-state index in [1.807, 2.05) is 6.07 Å². The first-order chi connectivity index (χ1) is 6.60. The SMILES string of the molecule is Cl.NC1(c2cccc(OC(F)F)c2)CC1. The van der Waals surface area contributed by atoms with Gasteiger partial charge in [0.15, 0.2) is 0 Å². The second kappa shape index (κ2) is 4.33. The summed E-state index contributed by atoms with van der Waals surface area (Å²) < 4.78 is 28.1. The van der Waals surface area contributed by atoms with Gasteiger partial charge in [0.1, 0.15) is 5.75 Å². The van der Waals surface area contributed by atoms with Gasteiger partial charge in [0.2, 0.25) is 0 Å². The van der Waals surface area contributed by atoms with Crippen molar-refractivity contribution in [3.05, 3.63) is 29.8 Å². The first-order valence-corrected chi connectivity index (χ1v) is 4.44. The fraction of sp³-hybridized carbons (Fsp3) is 0.400. The summed E-state index contributed by atoms with van der Waals surface area (Å²) in [7, 11) is 0. The van der Waals surface area contributed by atoms with Gasteiger partial charge in [0.25, 0.3) is 0 Å². The molecule has 0 heterocycles. The van der Waals surface area contributed by atoms with E-state index in [4.69, 9.17) is 5.73 Å². The molecule has 1 aromatic carbocycles. The van der Waals surface area contributed by atoms with Gasteiger partial charge in [0.05, 0.1) is 0 Å². The Morgan fingerprint density at radius 3 is 2.53 bits per heavy atom. The second-order valence-electron chi connectivity index (χ2n) is 3.56. The first kappa shape index (κ1) is 12.2. The Bertz CT molecular complexity index is 342. The Labute approximate surface area is 92.8 Å². The predicted molar refractivity (Wildman–Crippen MR) is 55.4 cm³/mol. The predicted octanol–water partition coefficient (Wildman–Crippen LogP) is 2.66. The molecule has 1 aromatic rings. The van der Waals surface area contributed by atoms with Gasteiger partial charge in [-0.3, -0.25) is 0 Å². The lowest BCUT2D eigenvalue weighted by atomic mass is 10.1. The molecule has 0 unspecified atom stereocenters. The lowest BCUT2D eigenvalue weighted by Crippen LogP contribution is -2.18. The third-order valence-corrected chi connectivity index (χ3v) is 2.42. The van der Waals surface area contributed by atoms with E-state index in [0.717, 1.165) is 18.4 Å². The van der Waals surface area contributed by atoms with Gasteiger partial charge in [-0.15, -0.1) is 12.4 Å². The van der Waals surface area contributed by atoms with Gasteiger partial charge in [-0.1, -0.05) is 12.1 Å². The molecule has 2 N–H and O–H groups in total. The van der Waals surface area contributed by atoms with Crippen LogP contribution < -0.4 is 10.5 Å². The number of hydrogen-bond donors (Lipinski definition) is 1. The van der Waals surface area contributed by atoms with Crippen molar-refractivity contribution >= 4 is 12.4 Å². The summed E-state index contributed by atoms with van der Waals surface area (Å²) in [6.07, 6.45) is 1.82. The molecule has 0 amide bonds. The monoisotopic (exact) mass is 235 g/mol. The molecule has 1 saturated carbocycles. The second-order valence-corrected chi connectivity index (χ2v) is 3.56. The molecule has 2 rings (SSSR count). The van der Waals surface area contributed by atoms with Crippen molar-refractivity contribution < 1.29 is 13.5 Å². The maximum atomic E-state index is 11.9. The number of benzene rings is 1. The molecule has 2 nitrogen and oxygen atoms in total. The summed E-state index contributed by atoms with van der Waals surface area (Å²) in [5.41, 5.74) is 6.49. The minimum atomic E-state index is -2.78. The van der Waals surface area contributed by atoms with Crippen LogP contribution in [0.25, 0.3) is 0 Å². The van der Waals surface area contributed by atoms with E-state index in [1.165, 1.54) is 6.07 Å². The van der Waals surface area contributed by atoms with E-state index < -0.39 is 6.61 Å². The Morgan fingerprint density at radius 2 is 2.00 bits per heavy atom. The maximum absolute atomic E-state index is 11.9. The summed E-state index contributed by atoms with van der Waals surface area (Å²) in [5, 5.41) is 0. The van der Waals surface area contributed by atoms with Gasteiger partial charge in [-0.25, -0.2) is 0 Å². The number of nitrogens with two attached hydrogens (primary N) is 1. The number of hydrogen-bond acceptors (Lipinski definition) is 2. The van der Waals surface area contributed by atoms with Crippen LogP contribution in [0.2, 0.25) is 0 Å². The van der Waals surface area contributed by atoms with E-state index in [-0.39, 0.29) is 23.7 Å². The van der Waals surface area contributed by atoms with Gasteiger partial charge in [-0.05, 0) is 30.5 Å². The van der Waals surface area contributed by atoms with Crippen LogP contribution in [-0.4, -0.2) is 6.61 Å². The van der Waals surface area contributed by atoms with Crippen LogP contribution in [0, 0.1) is 0 Å². The van der Waals surface area contributed by atoms with Crippen LogP contribution >= 0.6 is 12.4 Å². The van der Waals surface area contributed by atoms with Crippen molar-refractivity contribution in [2.75, 3.05) is 0 Å². The summed E-state index contributed by atoms with van der Waals surface area (Å²) in [5.74, 6) is 0.175. The van der Waals surface area contributed by atoms with Gasteiger partial charge in [0, 0.05) is 5.54 Å². The molecule has 1 fully saturated rings. The lowest BCUT2D eigenvalue weighted by Gasteiger charge is -2.11. The molecule has 0 spiro atoms. The molecule has 0 aromatic heterocycles. The van der Waals surface area contributed by atoms with Crippen molar-refractivity contribution in [2.24, 2.45) is 5.73 Å². The first-order valence-electron chi connectivity index (χ1n) is 4.44. The van der Waals surface area contributed by atoms with Crippen molar-refractivity contribution in [3.8, 4) is 5.75 Å². The van der Waals surface area contributed by atoms with Crippen LogP contribution in [0.4, 0.5) is 8.78 Å². The normalized spacial score (nSPS) is 17.1. The van der Waals surface area contributed by atoms with Crippen LogP contribution in [0.3, 0.4) is 0 Å². The van der Waals surface area contributed by atoms with Gasteiger partial charge < -0.3 is 10.5 Å². The van der Waals surface area contributed by atoms with E-state index in [9.17, 15) is 8.78 Å². The largest absolute Gasteiger partial charge is 0.435 e. The van der Waals surface area contributed by atoms with Crippen LogP contribution in [0.5, 0.6) is 5.75 Å². The Balaban J connectivity index is 0.00000112. The fourth-order valence-electron chi connectivity index (χ4n) is 1.41. The van der Waals surface area contributed by atoms with E-state index in [1.54, 1.807) is 12.1 Å². The minimum Gasteiger partial charge on any atom is -0.435 e. The molecule has 0 atom stereocenters. The van der Waals surface area contributed by atoms with E-state index in [0.29, 0.717) is 0 Å². The molecule has 0 bridgehead atoms. The van der Waals surface area contributed by atoms with E-state index in [2.05, 4.69) is 4.74 Å². The molecule has 0 aliphatic heterocycles. The zero-order chi connectivity index (χ0) is 10.2. The number of rotatable bonds is 3. The number of alkyl halides is 2. The molecule has 1 aliphatic rings. The van der Waals surface area contributed by atoms with Gasteiger partial charge in [-0.2, -0.15) is 8.78 Å². The molecule has 1 aliphatic carbocycles. The van der Waals surface area contributed by atoms with Crippen molar-refractivity contribution in [1.82, 2.24) is 0 Å². The lowest BCUT2D eigenvalue weighted by molar-refractivity contribution is -0.0499. The highest BCUT2D eigenvalue weighted by atomic mass is 35.5. The van der Waals surface area contributed by atoms with Gasteiger partial charge >= 0.3 is 6.61 Å². The zero-order valence-electron chi connectivity index (χ0n) is 7.95. The van der Waals surface area contributed by atoms with Crippen molar-refractivity contribution in [3.63, 3.8) is 0 Å². The summed E-state index contributed by atoms with van der Waals surface area (Å²) in [6, 6.07) is 6.60. The molecule has 0 saturated heterocycles. The third-order valence-electron chi connectivity index (χ3n) is 2.42. The topological polar surface area (TPSA) is 35.2 Å². The zero-order valence-corrected chi connectivity index (χ0v) is 8.77. The smallest absolute Gasteiger partial charge is 0.387 e. The van der Waals surface area contributed by atoms with Crippen LogP contribution in [0.15, 0.2) is 24.3 Å². The van der Waals surface area contributed by atoms with E-state index >= 15 is 0 Å². The molecular formula is C10H12ClF2NO. The Hall–Kier alpha value is -0.870. The quantitative estimate of drug-likeness (QED) is 0.874. The average Bonchev–Trinajstić information content (AvgIpc) is 2.84. The van der Waals surface area contributed by atoms with Crippen molar-refractivity contribution in [1.29, 1.82) is 0 Å². The van der Waals surface area contributed by atoms with Crippen LogP contribution in [0.1, 0.15) is 18.4 Å². The third kappa shape index (κ3) is 2.79. The summed E-state index contributed by atoms with van der Waals surface area (Å²) in [6.45, 7) is -2.78. The summed E-state index contributed by atoms with van der Waals surface area (Å²) in [4.78, 5) is 0. The fourth-order valence-corrected chi connectivity index (χ4v) is 1.41. The summed E-state index contributed by atoms with van der Waals surface area (Å²) >= 11 is 0. The Kier molecular flexibility index (Phi) is 3.52. The number of halogens is 3. The Morgan fingerprint density at radius 1 is 1.33 bits per heavy atom. The van der Waals surface area contributed by atoms with Crippen LogP contribution in [-0.2, 0) is 5.54 Å². The highest BCUT2D eigenvalue weighted by Crippen LogP contribution is 2.43. The molecule has 5 heteroatoms. The maximum Gasteiger partial charge on any atom is 0.387 e. The standard InChI is InChI=1S/C10H11F2NO.ClH/c11-9(12)14-8-3-1-2-7(6-8)10(13)4-5-10;/h1-3,6,9H,4-5,13H2;1H. The molecular weight excluding hydrogens is 224 g/mol. The van der Waals surface area contributed by atoms with Crippen molar-refractivity contribution in [2.45, 2.75) is 25.0 Å². The highest BCUT2D eigenvalue weighted by Gasteiger charge is 2.40. The highest BCUT2D eigenvalue weighted by molar-refractivity contribution is 5.85. The molecule has 84 valence electrons. The minimum absolute atomic E-state index is 0. The molecule has 15 heavy (non-hydrogen) atoms. The number of ether oxygens (including phenoxy) is 1.